The number of carbonyl (C=O) groups excluding carboxylic acids is 2. The molecule has 9 heteroatoms. The van der Waals surface area contributed by atoms with Gasteiger partial charge in [-0.1, -0.05) is 6.92 Å². The summed E-state index contributed by atoms with van der Waals surface area (Å²) in [4.78, 5) is 27.4. The number of rotatable bonds is 7. The molecule has 20 heavy (non-hydrogen) atoms. The van der Waals surface area contributed by atoms with Crippen LogP contribution in [0.2, 0.25) is 0 Å². The monoisotopic (exact) mass is 318 g/mol. The van der Waals surface area contributed by atoms with Gasteiger partial charge >= 0.3 is 0 Å². The number of hydrogen-bond donors (Lipinski definition) is 3. The lowest BCUT2D eigenvalue weighted by Crippen LogP contribution is -2.53. The normalized spacial score (nSPS) is 13.8. The zero-order valence-corrected chi connectivity index (χ0v) is 12.7. The largest absolute Gasteiger partial charge is 0.382 e. The first-order valence-electron chi connectivity index (χ1n) is 6.01. The predicted molar refractivity (Wildman–Crippen MR) is 79.1 cm³/mol. The summed E-state index contributed by atoms with van der Waals surface area (Å²) in [6.07, 6.45) is -1.04. The predicted octanol–water partition coefficient (Wildman–Crippen LogP) is -0.183. The van der Waals surface area contributed by atoms with Crippen LogP contribution in [0.1, 0.15) is 23.8 Å². The molecule has 2 atom stereocenters. The van der Waals surface area contributed by atoms with Crippen molar-refractivity contribution in [1.29, 1.82) is 0 Å². The number of hydrogen-bond acceptors (Lipinski definition) is 8. The highest BCUT2D eigenvalue weighted by atomic mass is 32.2. The first-order chi connectivity index (χ1) is 9.49. The van der Waals surface area contributed by atoms with E-state index in [0.29, 0.717) is 11.4 Å². The third-order valence-corrected chi connectivity index (χ3v) is 4.08. The summed E-state index contributed by atoms with van der Waals surface area (Å²) in [6.45, 7) is 2.01. The Labute approximate surface area is 125 Å². The van der Waals surface area contributed by atoms with Gasteiger partial charge in [-0.05, 0) is 17.9 Å². The minimum Gasteiger partial charge on any atom is -0.382 e. The number of amides is 2. The van der Waals surface area contributed by atoms with E-state index in [2.05, 4.69) is 4.98 Å². The number of carbonyl (C=O) groups is 2. The van der Waals surface area contributed by atoms with Crippen LogP contribution < -0.4 is 11.6 Å². The van der Waals surface area contributed by atoms with Gasteiger partial charge in [0.1, 0.15) is 11.8 Å². The zero-order chi connectivity index (χ0) is 15.1. The lowest BCUT2D eigenvalue weighted by atomic mass is 10.1. The first kappa shape index (κ1) is 17.1. The molecule has 1 heterocycles. The van der Waals surface area contributed by atoms with Gasteiger partial charge in [-0.25, -0.2) is 15.8 Å². The maximum absolute atomic E-state index is 11.9. The van der Waals surface area contributed by atoms with E-state index in [-0.39, 0.29) is 5.69 Å². The quantitative estimate of drug-likeness (QED) is 0.276. The van der Waals surface area contributed by atoms with Crippen molar-refractivity contribution in [2.45, 2.75) is 25.5 Å². The molecule has 0 bridgehead atoms. The van der Waals surface area contributed by atoms with Crippen molar-refractivity contribution in [2.24, 2.45) is 11.6 Å². The van der Waals surface area contributed by atoms with Gasteiger partial charge in [-0.3, -0.25) is 9.59 Å². The number of hydrazine groups is 1. The maximum atomic E-state index is 11.9. The van der Waals surface area contributed by atoms with Gasteiger partial charge in [0.25, 0.3) is 11.8 Å². The Kier molecular flexibility index (Phi) is 7.10. The SMILES string of the molecule is CCSCC[C@@H](N)C(O)C(=O)N(N)C(=O)c1cscn1. The molecule has 5 N–H and O–H groups in total. The molecule has 0 aromatic carbocycles. The van der Waals surface area contributed by atoms with Crippen molar-refractivity contribution in [3.63, 3.8) is 0 Å². The van der Waals surface area contributed by atoms with Gasteiger partial charge in [-0.15, -0.1) is 11.3 Å². The van der Waals surface area contributed by atoms with Gasteiger partial charge in [-0.2, -0.15) is 11.8 Å². The number of aliphatic hydroxyl groups is 1. The van der Waals surface area contributed by atoms with Crippen LogP contribution in [-0.4, -0.2) is 50.6 Å². The summed E-state index contributed by atoms with van der Waals surface area (Å²) in [5.41, 5.74) is 7.24. The van der Waals surface area contributed by atoms with Gasteiger partial charge < -0.3 is 10.8 Å². The molecule has 0 fully saturated rings. The Hall–Kier alpha value is -1.00. The summed E-state index contributed by atoms with van der Waals surface area (Å²) < 4.78 is 0. The number of thioether (sulfide) groups is 1. The highest BCUT2D eigenvalue weighted by molar-refractivity contribution is 7.99. The second-order valence-corrected chi connectivity index (χ2v) is 6.09. The average Bonchev–Trinajstić information content (AvgIpc) is 2.98. The number of aliphatic hydroxyl groups excluding tert-OH is 1. The minimum atomic E-state index is -1.50. The number of aromatic nitrogens is 1. The lowest BCUT2D eigenvalue weighted by Gasteiger charge is -2.22. The van der Waals surface area contributed by atoms with Crippen LogP contribution in [0, 0.1) is 0 Å². The van der Waals surface area contributed by atoms with E-state index in [0.717, 1.165) is 11.5 Å². The zero-order valence-electron chi connectivity index (χ0n) is 11.1. The van der Waals surface area contributed by atoms with Crippen LogP contribution in [0.4, 0.5) is 0 Å². The molecular weight excluding hydrogens is 300 g/mol. The van der Waals surface area contributed by atoms with Crippen LogP contribution in [0.15, 0.2) is 10.9 Å². The van der Waals surface area contributed by atoms with E-state index >= 15 is 0 Å². The molecule has 1 aromatic rings. The fourth-order valence-electron chi connectivity index (χ4n) is 1.39. The van der Waals surface area contributed by atoms with Crippen molar-refractivity contribution in [3.05, 3.63) is 16.6 Å². The van der Waals surface area contributed by atoms with Crippen molar-refractivity contribution >= 4 is 34.9 Å². The number of nitrogens with two attached hydrogens (primary N) is 2. The molecule has 0 aliphatic heterocycles. The maximum Gasteiger partial charge on any atom is 0.294 e. The molecule has 1 aromatic heterocycles. The van der Waals surface area contributed by atoms with Crippen LogP contribution in [0.3, 0.4) is 0 Å². The second kappa shape index (κ2) is 8.32. The summed E-state index contributed by atoms with van der Waals surface area (Å²) in [5, 5.41) is 11.7. The summed E-state index contributed by atoms with van der Waals surface area (Å²) >= 11 is 2.87. The van der Waals surface area contributed by atoms with Crippen LogP contribution in [-0.2, 0) is 4.79 Å². The number of nitrogens with zero attached hydrogens (tertiary/aromatic N) is 2. The van der Waals surface area contributed by atoms with Crippen LogP contribution in [0.25, 0.3) is 0 Å². The summed E-state index contributed by atoms with van der Waals surface area (Å²) in [6, 6.07) is -0.754. The van der Waals surface area contributed by atoms with E-state index < -0.39 is 24.0 Å². The summed E-state index contributed by atoms with van der Waals surface area (Å²) in [5.74, 6) is 5.41. The van der Waals surface area contributed by atoms with E-state index in [1.165, 1.54) is 22.2 Å². The smallest absolute Gasteiger partial charge is 0.294 e. The van der Waals surface area contributed by atoms with Crippen LogP contribution >= 0.6 is 23.1 Å². The molecule has 0 aliphatic carbocycles. The van der Waals surface area contributed by atoms with E-state index in [4.69, 9.17) is 11.6 Å². The molecule has 7 nitrogen and oxygen atoms in total. The van der Waals surface area contributed by atoms with E-state index in [1.54, 1.807) is 11.8 Å². The summed E-state index contributed by atoms with van der Waals surface area (Å²) in [7, 11) is 0. The average molecular weight is 318 g/mol. The molecule has 0 aliphatic rings. The van der Waals surface area contributed by atoms with Gasteiger partial charge in [0, 0.05) is 11.4 Å². The molecule has 112 valence electrons. The Morgan fingerprint density at radius 2 is 2.30 bits per heavy atom. The van der Waals surface area contributed by atoms with E-state index in [1.807, 2.05) is 6.92 Å². The van der Waals surface area contributed by atoms with E-state index in [9.17, 15) is 14.7 Å². The first-order valence-corrected chi connectivity index (χ1v) is 8.11. The third-order valence-electron chi connectivity index (χ3n) is 2.57. The highest BCUT2D eigenvalue weighted by Gasteiger charge is 2.30. The highest BCUT2D eigenvalue weighted by Crippen LogP contribution is 2.09. The third kappa shape index (κ3) is 4.53. The van der Waals surface area contributed by atoms with Crippen molar-refractivity contribution < 1.29 is 14.7 Å². The van der Waals surface area contributed by atoms with Crippen molar-refractivity contribution in [1.82, 2.24) is 9.99 Å². The Morgan fingerprint density at radius 1 is 1.60 bits per heavy atom. The molecular formula is C11H18N4O3S2. The standard InChI is InChI=1S/C11H18N4O3S2/c1-2-19-4-3-7(12)9(16)11(18)15(13)10(17)8-5-20-6-14-8/h5-7,9,16H,2-4,12-13H2,1H3/t7-,9?/m1/s1. The molecule has 0 saturated carbocycles. The minimum absolute atomic E-state index is 0.0631. The second-order valence-electron chi connectivity index (χ2n) is 3.98. The number of thiazole rings is 1. The Morgan fingerprint density at radius 3 is 2.85 bits per heavy atom. The molecule has 1 rings (SSSR count). The molecule has 0 radical (unpaired) electrons. The van der Waals surface area contributed by atoms with Crippen molar-refractivity contribution in [3.8, 4) is 0 Å². The number of imide groups is 1. The van der Waals surface area contributed by atoms with Gasteiger partial charge in [0.05, 0.1) is 5.51 Å². The fourth-order valence-corrected chi connectivity index (χ4v) is 2.64. The molecule has 0 spiro atoms. The Bertz CT molecular complexity index is 441. The fraction of sp³-hybridized carbons (Fsp3) is 0.545. The molecule has 0 saturated heterocycles. The van der Waals surface area contributed by atoms with Crippen molar-refractivity contribution in [2.75, 3.05) is 11.5 Å². The van der Waals surface area contributed by atoms with Gasteiger partial charge in [0.2, 0.25) is 0 Å². The van der Waals surface area contributed by atoms with Crippen LogP contribution in [0.5, 0.6) is 0 Å². The topological polar surface area (TPSA) is 123 Å². The molecule has 1 unspecified atom stereocenters. The molecule has 2 amide bonds. The Balaban J connectivity index is 2.57. The lowest BCUT2D eigenvalue weighted by molar-refractivity contribution is -0.138. The van der Waals surface area contributed by atoms with Gasteiger partial charge in [0.15, 0.2) is 0 Å².